The van der Waals surface area contributed by atoms with E-state index in [-0.39, 0.29) is 18.6 Å². The Bertz CT molecular complexity index is 796. The van der Waals surface area contributed by atoms with Crippen LogP contribution in [0, 0.1) is 27.7 Å². The van der Waals surface area contributed by atoms with Crippen molar-refractivity contribution in [3.05, 3.63) is 69.8 Å². The third-order valence-electron chi connectivity index (χ3n) is 4.57. The van der Waals surface area contributed by atoms with Gasteiger partial charge in [0, 0.05) is 0 Å². The highest BCUT2D eigenvalue weighted by Gasteiger charge is 2.15. The second kappa shape index (κ2) is 7.97. The standard InChI is InChI=1S/C21H25NO3/c1-13-9-10-18(11-15(13)3)17(5)22-20(23)12-25-21(24)19-8-6-7-14(2)16(19)4/h6-11,17H,12H2,1-5H3,(H,22,23)/t17-/m1/s1. The zero-order valence-electron chi connectivity index (χ0n) is 15.5. The van der Waals surface area contributed by atoms with Crippen LogP contribution in [0.25, 0.3) is 0 Å². The molecule has 0 aliphatic heterocycles. The van der Waals surface area contributed by atoms with Crippen LogP contribution in [-0.2, 0) is 9.53 Å². The van der Waals surface area contributed by atoms with Gasteiger partial charge in [-0.05, 0) is 68.5 Å². The average Bonchev–Trinajstić information content (AvgIpc) is 2.57. The fourth-order valence-corrected chi connectivity index (χ4v) is 2.58. The van der Waals surface area contributed by atoms with E-state index < -0.39 is 5.97 Å². The van der Waals surface area contributed by atoms with Gasteiger partial charge in [0.1, 0.15) is 0 Å². The Morgan fingerprint density at radius 1 is 1.00 bits per heavy atom. The molecule has 0 saturated carbocycles. The Kier molecular flexibility index (Phi) is 5.97. The van der Waals surface area contributed by atoms with Crippen LogP contribution in [0.1, 0.15) is 51.1 Å². The van der Waals surface area contributed by atoms with Crippen molar-refractivity contribution < 1.29 is 14.3 Å². The first-order valence-electron chi connectivity index (χ1n) is 8.39. The van der Waals surface area contributed by atoms with Crippen LogP contribution in [0.3, 0.4) is 0 Å². The molecule has 0 saturated heterocycles. The molecule has 1 atom stereocenters. The normalized spacial score (nSPS) is 11.7. The van der Waals surface area contributed by atoms with Gasteiger partial charge in [0.2, 0.25) is 0 Å². The summed E-state index contributed by atoms with van der Waals surface area (Å²) in [5, 5.41) is 2.86. The SMILES string of the molecule is Cc1ccc([C@@H](C)NC(=O)COC(=O)c2cccc(C)c2C)cc1C. The molecular weight excluding hydrogens is 314 g/mol. The molecule has 4 heteroatoms. The van der Waals surface area contributed by atoms with Gasteiger partial charge in [-0.25, -0.2) is 4.79 Å². The van der Waals surface area contributed by atoms with Gasteiger partial charge in [-0.1, -0.05) is 30.3 Å². The molecule has 25 heavy (non-hydrogen) atoms. The summed E-state index contributed by atoms with van der Waals surface area (Å²) in [7, 11) is 0. The molecule has 2 aromatic rings. The predicted molar refractivity (Wildman–Crippen MR) is 98.7 cm³/mol. The second-order valence-corrected chi connectivity index (χ2v) is 6.46. The molecule has 0 fully saturated rings. The number of esters is 1. The van der Waals surface area contributed by atoms with Crippen LogP contribution in [-0.4, -0.2) is 18.5 Å². The first-order chi connectivity index (χ1) is 11.8. The monoisotopic (exact) mass is 339 g/mol. The number of hydrogen-bond donors (Lipinski definition) is 1. The zero-order chi connectivity index (χ0) is 18.6. The van der Waals surface area contributed by atoms with Crippen molar-refractivity contribution in [2.24, 2.45) is 0 Å². The molecule has 2 aromatic carbocycles. The molecule has 132 valence electrons. The Balaban J connectivity index is 1.92. The van der Waals surface area contributed by atoms with Gasteiger partial charge in [0.25, 0.3) is 5.91 Å². The van der Waals surface area contributed by atoms with Gasteiger partial charge in [-0.2, -0.15) is 0 Å². The fraction of sp³-hybridized carbons (Fsp3) is 0.333. The number of carbonyl (C=O) groups excluding carboxylic acids is 2. The summed E-state index contributed by atoms with van der Waals surface area (Å²) in [4.78, 5) is 24.2. The van der Waals surface area contributed by atoms with E-state index in [1.54, 1.807) is 12.1 Å². The summed E-state index contributed by atoms with van der Waals surface area (Å²) in [5.74, 6) is -0.792. The van der Waals surface area contributed by atoms with Gasteiger partial charge in [0.05, 0.1) is 11.6 Å². The van der Waals surface area contributed by atoms with Crippen LogP contribution >= 0.6 is 0 Å². The topological polar surface area (TPSA) is 55.4 Å². The minimum Gasteiger partial charge on any atom is -0.452 e. The van der Waals surface area contributed by atoms with Crippen molar-refractivity contribution in [1.29, 1.82) is 0 Å². The maximum absolute atomic E-state index is 12.2. The van der Waals surface area contributed by atoms with E-state index in [1.807, 2.05) is 45.9 Å². The molecule has 1 N–H and O–H groups in total. The maximum atomic E-state index is 12.2. The van der Waals surface area contributed by atoms with E-state index in [0.29, 0.717) is 5.56 Å². The highest BCUT2D eigenvalue weighted by molar-refractivity contribution is 5.93. The van der Waals surface area contributed by atoms with Gasteiger partial charge in [-0.3, -0.25) is 4.79 Å². The Hall–Kier alpha value is -2.62. The minimum absolute atomic E-state index is 0.147. The van der Waals surface area contributed by atoms with E-state index in [1.165, 1.54) is 11.1 Å². The molecular formula is C21H25NO3. The highest BCUT2D eigenvalue weighted by Crippen LogP contribution is 2.17. The summed E-state index contributed by atoms with van der Waals surface area (Å²) in [5.41, 5.74) is 5.80. The van der Waals surface area contributed by atoms with E-state index in [2.05, 4.69) is 18.3 Å². The van der Waals surface area contributed by atoms with Crippen molar-refractivity contribution in [3.8, 4) is 0 Å². The van der Waals surface area contributed by atoms with Crippen LogP contribution < -0.4 is 5.32 Å². The van der Waals surface area contributed by atoms with Crippen molar-refractivity contribution in [2.45, 2.75) is 40.7 Å². The van der Waals surface area contributed by atoms with E-state index >= 15 is 0 Å². The number of benzene rings is 2. The average molecular weight is 339 g/mol. The fourth-order valence-electron chi connectivity index (χ4n) is 2.58. The summed E-state index contributed by atoms with van der Waals surface area (Å²) >= 11 is 0. The molecule has 0 unspecified atom stereocenters. The molecule has 1 amide bonds. The van der Waals surface area contributed by atoms with E-state index in [4.69, 9.17) is 4.74 Å². The quantitative estimate of drug-likeness (QED) is 0.839. The first kappa shape index (κ1) is 18.7. The summed E-state index contributed by atoms with van der Waals surface area (Å²) in [6, 6.07) is 11.4. The van der Waals surface area contributed by atoms with Crippen LogP contribution in [0.2, 0.25) is 0 Å². The summed E-state index contributed by atoms with van der Waals surface area (Å²) < 4.78 is 5.15. The number of amides is 1. The molecule has 0 aliphatic carbocycles. The van der Waals surface area contributed by atoms with Gasteiger partial charge in [0.15, 0.2) is 6.61 Å². The third kappa shape index (κ3) is 4.69. The number of carbonyl (C=O) groups is 2. The van der Waals surface area contributed by atoms with Crippen LogP contribution in [0.4, 0.5) is 0 Å². The van der Waals surface area contributed by atoms with Crippen LogP contribution in [0.5, 0.6) is 0 Å². The van der Waals surface area contributed by atoms with E-state index in [0.717, 1.165) is 16.7 Å². The lowest BCUT2D eigenvalue weighted by atomic mass is 10.0. The number of hydrogen-bond acceptors (Lipinski definition) is 3. The third-order valence-corrected chi connectivity index (χ3v) is 4.57. The van der Waals surface area contributed by atoms with Crippen molar-refractivity contribution >= 4 is 11.9 Å². The van der Waals surface area contributed by atoms with Crippen molar-refractivity contribution in [2.75, 3.05) is 6.61 Å². The number of aryl methyl sites for hydroxylation is 3. The molecule has 0 spiro atoms. The summed E-state index contributed by atoms with van der Waals surface area (Å²) in [6.07, 6.45) is 0. The molecule has 0 aliphatic rings. The molecule has 0 aromatic heterocycles. The highest BCUT2D eigenvalue weighted by atomic mass is 16.5. The minimum atomic E-state index is -0.477. The zero-order valence-corrected chi connectivity index (χ0v) is 15.5. The lowest BCUT2D eigenvalue weighted by molar-refractivity contribution is -0.124. The lowest BCUT2D eigenvalue weighted by Crippen LogP contribution is -2.31. The molecule has 0 heterocycles. The number of ether oxygens (including phenoxy) is 1. The van der Waals surface area contributed by atoms with Crippen molar-refractivity contribution in [3.63, 3.8) is 0 Å². The van der Waals surface area contributed by atoms with Crippen molar-refractivity contribution in [1.82, 2.24) is 5.32 Å². The predicted octanol–water partition coefficient (Wildman–Crippen LogP) is 3.95. The molecule has 2 rings (SSSR count). The van der Waals surface area contributed by atoms with Gasteiger partial charge < -0.3 is 10.1 Å². The lowest BCUT2D eigenvalue weighted by Gasteiger charge is -2.16. The Labute approximate surface area is 149 Å². The Morgan fingerprint density at radius 2 is 1.72 bits per heavy atom. The van der Waals surface area contributed by atoms with Gasteiger partial charge >= 0.3 is 5.97 Å². The second-order valence-electron chi connectivity index (χ2n) is 6.46. The smallest absolute Gasteiger partial charge is 0.338 e. The molecule has 0 bridgehead atoms. The number of nitrogens with one attached hydrogen (secondary N) is 1. The first-order valence-corrected chi connectivity index (χ1v) is 8.39. The largest absolute Gasteiger partial charge is 0.452 e. The molecule has 0 radical (unpaired) electrons. The summed E-state index contributed by atoms with van der Waals surface area (Å²) in [6.45, 7) is 9.52. The molecule has 4 nitrogen and oxygen atoms in total. The number of rotatable bonds is 5. The Morgan fingerprint density at radius 3 is 2.40 bits per heavy atom. The van der Waals surface area contributed by atoms with E-state index in [9.17, 15) is 9.59 Å². The maximum Gasteiger partial charge on any atom is 0.338 e. The van der Waals surface area contributed by atoms with Gasteiger partial charge in [-0.15, -0.1) is 0 Å². The van der Waals surface area contributed by atoms with Crippen LogP contribution in [0.15, 0.2) is 36.4 Å².